The summed E-state index contributed by atoms with van der Waals surface area (Å²) >= 11 is 0. The van der Waals surface area contributed by atoms with Gasteiger partial charge in [0.15, 0.2) is 0 Å². The average Bonchev–Trinajstić information content (AvgIpc) is 2.61. The van der Waals surface area contributed by atoms with Crippen molar-refractivity contribution in [3.8, 4) is 5.75 Å². The molecular formula is C18H18N2O4. The second-order valence-electron chi connectivity index (χ2n) is 5.07. The summed E-state index contributed by atoms with van der Waals surface area (Å²) in [7, 11) is 1.61. The smallest absolute Gasteiger partial charge is 0.270 e. The van der Waals surface area contributed by atoms with Crippen molar-refractivity contribution in [2.24, 2.45) is 0 Å². The predicted octanol–water partition coefficient (Wildman–Crippen LogP) is 2.98. The number of hydrogen-bond acceptors (Lipinski definition) is 4. The summed E-state index contributed by atoms with van der Waals surface area (Å²) in [5.41, 5.74) is 1.70. The summed E-state index contributed by atoms with van der Waals surface area (Å²) in [5.74, 6) is 0.553. The van der Waals surface area contributed by atoms with Crippen molar-refractivity contribution in [3.63, 3.8) is 0 Å². The molecule has 0 saturated heterocycles. The van der Waals surface area contributed by atoms with Crippen LogP contribution in [0.2, 0.25) is 0 Å². The van der Waals surface area contributed by atoms with E-state index in [2.05, 4.69) is 5.32 Å². The molecule has 0 aromatic heterocycles. The quantitative estimate of drug-likeness (QED) is 0.482. The highest BCUT2D eigenvalue weighted by Crippen LogP contribution is 2.14. The van der Waals surface area contributed by atoms with Crippen molar-refractivity contribution in [2.75, 3.05) is 13.7 Å². The van der Waals surface area contributed by atoms with Gasteiger partial charge in [0, 0.05) is 24.8 Å². The molecule has 0 saturated carbocycles. The molecule has 0 unspecified atom stereocenters. The Balaban J connectivity index is 1.82. The number of carbonyl (C=O) groups is 1. The van der Waals surface area contributed by atoms with Gasteiger partial charge >= 0.3 is 0 Å². The van der Waals surface area contributed by atoms with E-state index in [-0.39, 0.29) is 11.6 Å². The van der Waals surface area contributed by atoms with Gasteiger partial charge in [-0.1, -0.05) is 24.3 Å². The molecular weight excluding hydrogens is 308 g/mol. The zero-order chi connectivity index (χ0) is 17.4. The van der Waals surface area contributed by atoms with Gasteiger partial charge in [0.1, 0.15) is 5.75 Å². The summed E-state index contributed by atoms with van der Waals surface area (Å²) in [6.45, 7) is 0.504. The van der Waals surface area contributed by atoms with Gasteiger partial charge in [-0.3, -0.25) is 14.9 Å². The molecule has 6 nitrogen and oxygen atoms in total. The molecule has 124 valence electrons. The van der Waals surface area contributed by atoms with Gasteiger partial charge < -0.3 is 10.1 Å². The van der Waals surface area contributed by atoms with Gasteiger partial charge in [-0.25, -0.2) is 0 Å². The lowest BCUT2D eigenvalue weighted by atomic mass is 10.1. The number of nitro benzene ring substituents is 1. The third kappa shape index (κ3) is 5.24. The molecule has 0 spiro atoms. The van der Waals surface area contributed by atoms with Crippen LogP contribution in [0.3, 0.4) is 0 Å². The molecule has 0 fully saturated rings. The highest BCUT2D eigenvalue weighted by atomic mass is 16.6. The molecule has 1 N–H and O–H groups in total. The number of rotatable bonds is 7. The fraction of sp³-hybridized carbons (Fsp3) is 0.167. The maximum absolute atomic E-state index is 11.8. The lowest BCUT2D eigenvalue weighted by Gasteiger charge is -2.04. The summed E-state index contributed by atoms with van der Waals surface area (Å²) in [6, 6.07) is 13.8. The first kappa shape index (κ1) is 17.2. The first-order valence-corrected chi connectivity index (χ1v) is 7.42. The summed E-state index contributed by atoms with van der Waals surface area (Å²) in [4.78, 5) is 22.0. The lowest BCUT2D eigenvalue weighted by molar-refractivity contribution is -0.384. The summed E-state index contributed by atoms with van der Waals surface area (Å²) in [6.07, 6.45) is 3.63. The number of non-ortho nitro benzene ring substituents is 1. The van der Waals surface area contributed by atoms with Crippen LogP contribution in [0.1, 0.15) is 11.1 Å². The Hall–Kier alpha value is -3.15. The Labute approximate surface area is 139 Å². The minimum Gasteiger partial charge on any atom is -0.497 e. The van der Waals surface area contributed by atoms with Crippen LogP contribution >= 0.6 is 0 Å². The predicted molar refractivity (Wildman–Crippen MR) is 91.8 cm³/mol. The number of hydrogen-bond donors (Lipinski definition) is 1. The SMILES string of the molecule is COc1ccc(CCNC(=O)C=Cc2cccc([N+](=O)[O-])c2)cc1. The van der Waals surface area contributed by atoms with Gasteiger partial charge in [-0.15, -0.1) is 0 Å². The van der Waals surface area contributed by atoms with E-state index < -0.39 is 4.92 Å². The molecule has 0 atom stereocenters. The van der Waals surface area contributed by atoms with Crippen LogP contribution in [0.4, 0.5) is 5.69 Å². The van der Waals surface area contributed by atoms with Gasteiger partial charge in [0.25, 0.3) is 5.69 Å². The number of nitro groups is 1. The Morgan fingerprint density at radius 2 is 2.00 bits per heavy atom. The van der Waals surface area contributed by atoms with Crippen molar-refractivity contribution in [2.45, 2.75) is 6.42 Å². The van der Waals surface area contributed by atoms with Crippen LogP contribution in [0.5, 0.6) is 5.75 Å². The van der Waals surface area contributed by atoms with Crippen LogP contribution in [-0.4, -0.2) is 24.5 Å². The minimum atomic E-state index is -0.466. The zero-order valence-electron chi connectivity index (χ0n) is 13.3. The number of amides is 1. The fourth-order valence-electron chi connectivity index (χ4n) is 2.10. The Bertz CT molecular complexity index is 739. The number of methoxy groups -OCH3 is 1. The first-order valence-electron chi connectivity index (χ1n) is 7.42. The largest absolute Gasteiger partial charge is 0.497 e. The van der Waals surface area contributed by atoms with Crippen molar-refractivity contribution < 1.29 is 14.5 Å². The number of ether oxygens (including phenoxy) is 1. The number of carbonyl (C=O) groups excluding carboxylic acids is 1. The molecule has 0 radical (unpaired) electrons. The van der Waals surface area contributed by atoms with E-state index in [4.69, 9.17) is 4.74 Å². The topological polar surface area (TPSA) is 81.5 Å². The molecule has 0 aliphatic heterocycles. The van der Waals surface area contributed by atoms with Gasteiger partial charge in [0.2, 0.25) is 5.91 Å². The Morgan fingerprint density at radius 1 is 1.25 bits per heavy atom. The van der Waals surface area contributed by atoms with Crippen LogP contribution in [0.15, 0.2) is 54.6 Å². The minimum absolute atomic E-state index is 0.00272. The Kier molecular flexibility index (Phi) is 6.08. The van der Waals surface area contributed by atoms with E-state index in [0.717, 1.165) is 11.3 Å². The van der Waals surface area contributed by atoms with Crippen LogP contribution in [-0.2, 0) is 11.2 Å². The maximum atomic E-state index is 11.8. The van der Waals surface area contributed by atoms with E-state index >= 15 is 0 Å². The first-order chi connectivity index (χ1) is 11.6. The number of nitrogens with zero attached hydrogens (tertiary/aromatic N) is 1. The molecule has 0 bridgehead atoms. The van der Waals surface area contributed by atoms with Gasteiger partial charge in [0.05, 0.1) is 12.0 Å². The molecule has 2 aromatic rings. The normalized spacial score (nSPS) is 10.5. The second kappa shape index (κ2) is 8.47. The molecule has 2 rings (SSSR count). The molecule has 0 heterocycles. The fourth-order valence-corrected chi connectivity index (χ4v) is 2.10. The number of benzene rings is 2. The number of nitrogens with one attached hydrogen (secondary N) is 1. The highest BCUT2D eigenvalue weighted by molar-refractivity contribution is 5.91. The van der Waals surface area contributed by atoms with E-state index in [9.17, 15) is 14.9 Å². The highest BCUT2D eigenvalue weighted by Gasteiger charge is 2.04. The third-order valence-electron chi connectivity index (χ3n) is 3.38. The van der Waals surface area contributed by atoms with Gasteiger partial charge in [-0.2, -0.15) is 0 Å². The summed E-state index contributed by atoms with van der Waals surface area (Å²) < 4.78 is 5.09. The molecule has 0 aliphatic rings. The Morgan fingerprint density at radius 3 is 2.67 bits per heavy atom. The summed E-state index contributed by atoms with van der Waals surface area (Å²) in [5, 5.41) is 13.5. The maximum Gasteiger partial charge on any atom is 0.270 e. The second-order valence-corrected chi connectivity index (χ2v) is 5.07. The van der Waals surface area contributed by atoms with E-state index in [0.29, 0.717) is 18.5 Å². The average molecular weight is 326 g/mol. The van der Waals surface area contributed by atoms with Crippen LogP contribution < -0.4 is 10.1 Å². The van der Waals surface area contributed by atoms with E-state index in [1.54, 1.807) is 25.3 Å². The van der Waals surface area contributed by atoms with E-state index in [1.807, 2.05) is 24.3 Å². The van der Waals surface area contributed by atoms with E-state index in [1.165, 1.54) is 18.2 Å². The molecule has 24 heavy (non-hydrogen) atoms. The molecule has 0 aliphatic carbocycles. The van der Waals surface area contributed by atoms with Crippen molar-refractivity contribution >= 4 is 17.7 Å². The molecule has 1 amide bonds. The monoisotopic (exact) mass is 326 g/mol. The van der Waals surface area contributed by atoms with Crippen molar-refractivity contribution in [1.29, 1.82) is 0 Å². The lowest BCUT2D eigenvalue weighted by Crippen LogP contribution is -2.23. The zero-order valence-corrected chi connectivity index (χ0v) is 13.3. The molecule has 2 aromatic carbocycles. The van der Waals surface area contributed by atoms with Gasteiger partial charge in [-0.05, 0) is 35.8 Å². The molecule has 6 heteroatoms. The van der Waals surface area contributed by atoms with Crippen LogP contribution in [0.25, 0.3) is 6.08 Å². The third-order valence-corrected chi connectivity index (χ3v) is 3.38. The standard InChI is InChI=1S/C18H18N2O4/c1-24-17-8-5-14(6-9-17)11-12-19-18(21)10-7-15-3-2-4-16(13-15)20(22)23/h2-10,13H,11-12H2,1H3,(H,19,21). The van der Waals surface area contributed by atoms with Crippen LogP contribution in [0, 0.1) is 10.1 Å². The van der Waals surface area contributed by atoms with Crippen molar-refractivity contribution in [1.82, 2.24) is 5.32 Å². The van der Waals surface area contributed by atoms with Crippen molar-refractivity contribution in [3.05, 3.63) is 75.8 Å².